The van der Waals surface area contributed by atoms with Crippen molar-refractivity contribution in [3.63, 3.8) is 0 Å². The predicted molar refractivity (Wildman–Crippen MR) is 84.2 cm³/mol. The first-order chi connectivity index (χ1) is 9.44. The van der Waals surface area contributed by atoms with Gasteiger partial charge >= 0.3 is 0 Å². The molecule has 0 radical (unpaired) electrons. The second kappa shape index (κ2) is 5.86. The van der Waals surface area contributed by atoms with E-state index < -0.39 is 0 Å². The molecule has 0 aliphatic heterocycles. The van der Waals surface area contributed by atoms with Crippen molar-refractivity contribution in [3.8, 4) is 0 Å². The fraction of sp³-hybridized carbons (Fsp3) is 0.588. The summed E-state index contributed by atoms with van der Waals surface area (Å²) in [5, 5.41) is 6.50. The van der Waals surface area contributed by atoms with Crippen LogP contribution in [-0.4, -0.2) is 18.5 Å². The fourth-order valence-electron chi connectivity index (χ4n) is 3.03. The molecule has 0 spiro atoms. The summed E-state index contributed by atoms with van der Waals surface area (Å²) < 4.78 is 0. The van der Waals surface area contributed by atoms with Gasteiger partial charge in [-0.2, -0.15) is 0 Å². The van der Waals surface area contributed by atoms with Crippen LogP contribution in [0.4, 0.5) is 5.69 Å². The Balaban J connectivity index is 2.08. The summed E-state index contributed by atoms with van der Waals surface area (Å²) in [6.45, 7) is 9.48. The Kier molecular flexibility index (Phi) is 4.36. The van der Waals surface area contributed by atoms with Crippen LogP contribution in [0.15, 0.2) is 18.2 Å². The molecule has 1 unspecified atom stereocenters. The van der Waals surface area contributed by atoms with E-state index in [4.69, 9.17) is 0 Å². The van der Waals surface area contributed by atoms with Crippen molar-refractivity contribution in [1.29, 1.82) is 0 Å². The molecule has 2 rings (SSSR count). The van der Waals surface area contributed by atoms with Crippen LogP contribution >= 0.6 is 0 Å². The predicted octanol–water partition coefficient (Wildman–Crippen LogP) is 3.74. The number of benzene rings is 1. The van der Waals surface area contributed by atoms with Crippen LogP contribution in [0.5, 0.6) is 0 Å². The van der Waals surface area contributed by atoms with Crippen LogP contribution in [0.25, 0.3) is 0 Å². The Morgan fingerprint density at radius 3 is 2.70 bits per heavy atom. The molecule has 20 heavy (non-hydrogen) atoms. The van der Waals surface area contributed by atoms with E-state index in [1.807, 2.05) is 25.1 Å². The Bertz CT molecular complexity index is 494. The van der Waals surface area contributed by atoms with Gasteiger partial charge in [0.25, 0.3) is 5.91 Å². The lowest BCUT2D eigenvalue weighted by atomic mass is 9.87. The number of rotatable bonds is 4. The van der Waals surface area contributed by atoms with E-state index in [1.54, 1.807) is 0 Å². The maximum atomic E-state index is 12.4. The molecule has 1 aliphatic carbocycles. The van der Waals surface area contributed by atoms with Gasteiger partial charge in [-0.25, -0.2) is 0 Å². The summed E-state index contributed by atoms with van der Waals surface area (Å²) in [4.78, 5) is 12.4. The molecule has 1 saturated carbocycles. The minimum atomic E-state index is 0.0520. The first-order valence-electron chi connectivity index (χ1n) is 7.59. The monoisotopic (exact) mass is 274 g/mol. The number of amides is 1. The fourth-order valence-corrected chi connectivity index (χ4v) is 3.03. The van der Waals surface area contributed by atoms with E-state index in [2.05, 4.69) is 31.4 Å². The van der Waals surface area contributed by atoms with E-state index in [-0.39, 0.29) is 11.3 Å². The van der Waals surface area contributed by atoms with Gasteiger partial charge < -0.3 is 10.6 Å². The molecule has 0 saturated heterocycles. The van der Waals surface area contributed by atoms with Crippen molar-refractivity contribution in [3.05, 3.63) is 29.3 Å². The van der Waals surface area contributed by atoms with Gasteiger partial charge in [0.1, 0.15) is 0 Å². The summed E-state index contributed by atoms with van der Waals surface area (Å²) in [6.07, 6.45) is 3.49. The standard InChI is InChI=1S/C17H26N2O/c1-5-18-14-9-8-13(11-12(14)2)16(20)19-15-7-6-10-17(15,3)4/h8-9,11,15,18H,5-7,10H2,1-4H3,(H,19,20). The van der Waals surface area contributed by atoms with E-state index in [9.17, 15) is 4.79 Å². The highest BCUT2D eigenvalue weighted by molar-refractivity contribution is 5.95. The highest BCUT2D eigenvalue weighted by atomic mass is 16.1. The SMILES string of the molecule is CCNc1ccc(C(=O)NC2CCCC2(C)C)cc1C. The number of hydrogen-bond donors (Lipinski definition) is 2. The van der Waals surface area contributed by atoms with Crippen LogP contribution in [0, 0.1) is 12.3 Å². The van der Waals surface area contributed by atoms with Crippen LogP contribution in [0.2, 0.25) is 0 Å². The zero-order valence-electron chi connectivity index (χ0n) is 13.0. The second-order valence-electron chi connectivity index (χ2n) is 6.47. The van der Waals surface area contributed by atoms with Gasteiger partial charge in [-0.1, -0.05) is 20.3 Å². The van der Waals surface area contributed by atoms with Crippen molar-refractivity contribution in [2.24, 2.45) is 5.41 Å². The topological polar surface area (TPSA) is 41.1 Å². The van der Waals surface area contributed by atoms with E-state index in [0.29, 0.717) is 6.04 Å². The largest absolute Gasteiger partial charge is 0.385 e. The lowest BCUT2D eigenvalue weighted by Gasteiger charge is -2.27. The molecule has 0 aromatic heterocycles. The quantitative estimate of drug-likeness (QED) is 0.878. The molecule has 3 heteroatoms. The highest BCUT2D eigenvalue weighted by Gasteiger charge is 2.35. The van der Waals surface area contributed by atoms with Crippen LogP contribution in [-0.2, 0) is 0 Å². The maximum absolute atomic E-state index is 12.4. The van der Waals surface area contributed by atoms with Crippen molar-refractivity contribution >= 4 is 11.6 Å². The average Bonchev–Trinajstić information content (AvgIpc) is 2.71. The number of hydrogen-bond acceptors (Lipinski definition) is 2. The maximum Gasteiger partial charge on any atom is 0.251 e. The highest BCUT2D eigenvalue weighted by Crippen LogP contribution is 2.37. The third-order valence-corrected chi connectivity index (χ3v) is 4.42. The third-order valence-electron chi connectivity index (χ3n) is 4.42. The van der Waals surface area contributed by atoms with Crippen molar-refractivity contribution < 1.29 is 4.79 Å². The number of nitrogens with one attached hydrogen (secondary N) is 2. The van der Waals surface area contributed by atoms with E-state index in [0.717, 1.165) is 29.8 Å². The summed E-state index contributed by atoms with van der Waals surface area (Å²) >= 11 is 0. The van der Waals surface area contributed by atoms with Gasteiger partial charge in [0.2, 0.25) is 0 Å². The Hall–Kier alpha value is -1.51. The van der Waals surface area contributed by atoms with Gasteiger partial charge in [0.15, 0.2) is 0 Å². The molecule has 3 nitrogen and oxygen atoms in total. The molecule has 1 aromatic rings. The normalized spacial score (nSPS) is 20.7. The minimum Gasteiger partial charge on any atom is -0.385 e. The van der Waals surface area contributed by atoms with Gasteiger partial charge in [-0.15, -0.1) is 0 Å². The van der Waals surface area contributed by atoms with E-state index >= 15 is 0 Å². The molecule has 1 aliphatic rings. The first-order valence-corrected chi connectivity index (χ1v) is 7.59. The summed E-state index contributed by atoms with van der Waals surface area (Å²) in [5.74, 6) is 0.0520. The zero-order chi connectivity index (χ0) is 14.8. The molecular formula is C17H26N2O. The average molecular weight is 274 g/mol. The molecule has 1 atom stereocenters. The van der Waals surface area contributed by atoms with Gasteiger partial charge in [0, 0.05) is 23.8 Å². The Morgan fingerprint density at radius 1 is 1.40 bits per heavy atom. The summed E-state index contributed by atoms with van der Waals surface area (Å²) in [6, 6.07) is 6.16. The lowest BCUT2D eigenvalue weighted by Crippen LogP contribution is -2.41. The smallest absolute Gasteiger partial charge is 0.251 e. The minimum absolute atomic E-state index is 0.0520. The van der Waals surface area contributed by atoms with Gasteiger partial charge in [0.05, 0.1) is 0 Å². The molecule has 1 fully saturated rings. The third kappa shape index (κ3) is 3.14. The van der Waals surface area contributed by atoms with Crippen molar-refractivity contribution in [2.45, 2.75) is 53.0 Å². The first kappa shape index (κ1) is 14.9. The molecule has 1 aromatic carbocycles. The second-order valence-corrected chi connectivity index (χ2v) is 6.47. The van der Waals surface area contributed by atoms with Gasteiger partial charge in [-0.05, 0) is 55.9 Å². The molecule has 0 bridgehead atoms. The number of carbonyl (C=O) groups is 1. The molecule has 2 N–H and O–H groups in total. The number of aryl methyl sites for hydroxylation is 1. The Labute approximate surface area is 122 Å². The van der Waals surface area contributed by atoms with Crippen molar-refractivity contribution in [2.75, 3.05) is 11.9 Å². The molecule has 0 heterocycles. The molecule has 110 valence electrons. The molecular weight excluding hydrogens is 248 g/mol. The molecule has 1 amide bonds. The summed E-state index contributed by atoms with van der Waals surface area (Å²) in [5.41, 5.74) is 3.19. The zero-order valence-corrected chi connectivity index (χ0v) is 13.0. The number of carbonyl (C=O) groups excluding carboxylic acids is 1. The van der Waals surface area contributed by atoms with Gasteiger partial charge in [-0.3, -0.25) is 4.79 Å². The van der Waals surface area contributed by atoms with E-state index in [1.165, 1.54) is 12.8 Å². The summed E-state index contributed by atoms with van der Waals surface area (Å²) in [7, 11) is 0. The van der Waals surface area contributed by atoms with Crippen LogP contribution in [0.1, 0.15) is 56.0 Å². The van der Waals surface area contributed by atoms with Crippen LogP contribution < -0.4 is 10.6 Å². The van der Waals surface area contributed by atoms with Crippen LogP contribution in [0.3, 0.4) is 0 Å². The lowest BCUT2D eigenvalue weighted by molar-refractivity contribution is 0.0910. The Morgan fingerprint density at radius 2 is 2.15 bits per heavy atom. The van der Waals surface area contributed by atoms with Crippen molar-refractivity contribution in [1.82, 2.24) is 5.32 Å². The number of anilines is 1.